The standard InChI is InChI=1S/C19H22N2O3/c1-23-15-7-3-13(4-8-15)18-19(21-17(20-18)11-12-22)14-5-9-16(24-2)10-6-14/h3-10,18-19,22H,11-12H2,1-2H3,(H,20,21)/t18-,19+. The SMILES string of the molecule is COc1ccc([C@H]2NC(CCO)=N[C@H]2c2ccc(OC)cc2)cc1. The second-order valence-corrected chi connectivity index (χ2v) is 5.66. The summed E-state index contributed by atoms with van der Waals surface area (Å²) in [5, 5.41) is 12.7. The quantitative estimate of drug-likeness (QED) is 0.857. The van der Waals surface area contributed by atoms with Crippen molar-refractivity contribution in [3.05, 3.63) is 59.7 Å². The van der Waals surface area contributed by atoms with Crippen molar-refractivity contribution >= 4 is 5.84 Å². The molecule has 0 radical (unpaired) electrons. The number of aliphatic imine (C=N–C) groups is 1. The number of hydrogen-bond donors (Lipinski definition) is 2. The van der Waals surface area contributed by atoms with Crippen molar-refractivity contribution in [2.45, 2.75) is 18.5 Å². The van der Waals surface area contributed by atoms with Crippen LogP contribution in [0.4, 0.5) is 0 Å². The maximum Gasteiger partial charge on any atom is 0.118 e. The Kier molecular flexibility index (Phi) is 5.01. The van der Waals surface area contributed by atoms with Crippen LogP contribution in [0.3, 0.4) is 0 Å². The van der Waals surface area contributed by atoms with Gasteiger partial charge in [0.05, 0.1) is 26.9 Å². The van der Waals surface area contributed by atoms with E-state index in [0.29, 0.717) is 6.42 Å². The Morgan fingerprint density at radius 1 is 0.917 bits per heavy atom. The molecular formula is C19H22N2O3. The van der Waals surface area contributed by atoms with Crippen LogP contribution < -0.4 is 14.8 Å². The van der Waals surface area contributed by atoms with Gasteiger partial charge in [-0.15, -0.1) is 0 Å². The van der Waals surface area contributed by atoms with Gasteiger partial charge in [0.2, 0.25) is 0 Å². The monoisotopic (exact) mass is 326 g/mol. The minimum atomic E-state index is -0.0362. The van der Waals surface area contributed by atoms with Gasteiger partial charge in [0.1, 0.15) is 23.4 Å². The normalized spacial score (nSPS) is 19.5. The van der Waals surface area contributed by atoms with Crippen molar-refractivity contribution in [2.75, 3.05) is 20.8 Å². The van der Waals surface area contributed by atoms with Crippen LogP contribution in [0.1, 0.15) is 29.6 Å². The molecule has 0 amide bonds. The molecule has 2 N–H and O–H groups in total. The summed E-state index contributed by atoms with van der Waals surface area (Å²) in [5.74, 6) is 2.48. The van der Waals surface area contributed by atoms with Crippen molar-refractivity contribution < 1.29 is 14.6 Å². The van der Waals surface area contributed by atoms with E-state index in [2.05, 4.69) is 5.32 Å². The van der Waals surface area contributed by atoms with Gasteiger partial charge in [-0.05, 0) is 35.4 Å². The molecule has 2 atom stereocenters. The van der Waals surface area contributed by atoms with E-state index in [4.69, 9.17) is 14.5 Å². The zero-order valence-corrected chi connectivity index (χ0v) is 13.9. The number of amidine groups is 1. The van der Waals surface area contributed by atoms with E-state index in [1.165, 1.54) is 0 Å². The van der Waals surface area contributed by atoms with Crippen LogP contribution in [0.15, 0.2) is 53.5 Å². The molecule has 0 spiro atoms. The third kappa shape index (κ3) is 3.36. The Labute approximate surface area is 142 Å². The Morgan fingerprint density at radius 2 is 1.46 bits per heavy atom. The molecule has 0 unspecified atom stereocenters. The number of hydrogen-bond acceptors (Lipinski definition) is 5. The minimum Gasteiger partial charge on any atom is -0.497 e. The molecule has 0 aliphatic carbocycles. The van der Waals surface area contributed by atoms with Crippen molar-refractivity contribution in [1.82, 2.24) is 5.32 Å². The topological polar surface area (TPSA) is 63.1 Å². The summed E-state index contributed by atoms with van der Waals surface area (Å²) in [6.07, 6.45) is 0.527. The van der Waals surface area contributed by atoms with E-state index in [1.807, 2.05) is 48.5 Å². The maximum absolute atomic E-state index is 9.22. The third-order valence-corrected chi connectivity index (χ3v) is 4.21. The Morgan fingerprint density at radius 3 is 1.96 bits per heavy atom. The maximum atomic E-state index is 9.22. The molecule has 3 rings (SSSR count). The summed E-state index contributed by atoms with van der Waals surface area (Å²) in [6, 6.07) is 15.9. The summed E-state index contributed by atoms with van der Waals surface area (Å²) in [7, 11) is 3.31. The first-order chi connectivity index (χ1) is 11.7. The highest BCUT2D eigenvalue weighted by Gasteiger charge is 2.30. The van der Waals surface area contributed by atoms with Crippen molar-refractivity contribution in [3.63, 3.8) is 0 Å². The molecule has 0 fully saturated rings. The molecule has 0 aromatic heterocycles. The number of nitrogens with zero attached hydrogens (tertiary/aromatic N) is 1. The molecule has 2 aromatic carbocycles. The Hall–Kier alpha value is -2.53. The second-order valence-electron chi connectivity index (χ2n) is 5.66. The van der Waals surface area contributed by atoms with Crippen LogP contribution in [0.25, 0.3) is 0 Å². The van der Waals surface area contributed by atoms with Crippen LogP contribution in [-0.4, -0.2) is 31.8 Å². The number of aliphatic hydroxyl groups is 1. The lowest BCUT2D eigenvalue weighted by Gasteiger charge is -2.20. The van der Waals surface area contributed by atoms with E-state index >= 15 is 0 Å². The van der Waals surface area contributed by atoms with E-state index in [-0.39, 0.29) is 18.7 Å². The molecule has 1 aliphatic heterocycles. The highest BCUT2D eigenvalue weighted by atomic mass is 16.5. The van der Waals surface area contributed by atoms with E-state index in [1.54, 1.807) is 14.2 Å². The predicted molar refractivity (Wildman–Crippen MR) is 93.7 cm³/mol. The highest BCUT2D eigenvalue weighted by molar-refractivity contribution is 5.85. The first-order valence-electron chi connectivity index (χ1n) is 7.97. The lowest BCUT2D eigenvalue weighted by atomic mass is 9.95. The van der Waals surface area contributed by atoms with Crippen LogP contribution in [0.5, 0.6) is 11.5 Å². The smallest absolute Gasteiger partial charge is 0.118 e. The van der Waals surface area contributed by atoms with Gasteiger partial charge in [-0.3, -0.25) is 4.99 Å². The molecule has 1 aliphatic rings. The predicted octanol–water partition coefficient (Wildman–Crippen LogP) is 2.87. The molecule has 5 heteroatoms. The zero-order chi connectivity index (χ0) is 16.9. The number of benzene rings is 2. The summed E-state index contributed by atoms with van der Waals surface area (Å²) >= 11 is 0. The van der Waals surface area contributed by atoms with Gasteiger partial charge in [0.25, 0.3) is 0 Å². The summed E-state index contributed by atoms with van der Waals surface area (Å²) in [6.45, 7) is 0.0799. The van der Waals surface area contributed by atoms with Crippen LogP contribution in [-0.2, 0) is 0 Å². The number of aliphatic hydroxyl groups excluding tert-OH is 1. The average molecular weight is 326 g/mol. The van der Waals surface area contributed by atoms with E-state index < -0.39 is 0 Å². The third-order valence-electron chi connectivity index (χ3n) is 4.21. The zero-order valence-electron chi connectivity index (χ0n) is 13.9. The molecule has 2 aromatic rings. The Balaban J connectivity index is 1.90. The second kappa shape index (κ2) is 7.36. The average Bonchev–Trinajstić information content (AvgIpc) is 3.06. The lowest BCUT2D eigenvalue weighted by molar-refractivity contribution is 0.306. The largest absolute Gasteiger partial charge is 0.497 e. The van der Waals surface area contributed by atoms with Gasteiger partial charge in [-0.25, -0.2) is 0 Å². The van der Waals surface area contributed by atoms with E-state index in [9.17, 15) is 5.11 Å². The summed E-state index contributed by atoms with van der Waals surface area (Å²) < 4.78 is 10.5. The summed E-state index contributed by atoms with van der Waals surface area (Å²) in [5.41, 5.74) is 2.24. The fourth-order valence-electron chi connectivity index (χ4n) is 2.93. The van der Waals surface area contributed by atoms with Gasteiger partial charge in [-0.2, -0.15) is 0 Å². The lowest BCUT2D eigenvalue weighted by Crippen LogP contribution is -2.25. The van der Waals surface area contributed by atoms with Crippen molar-refractivity contribution in [1.29, 1.82) is 0 Å². The van der Waals surface area contributed by atoms with Crippen LogP contribution >= 0.6 is 0 Å². The van der Waals surface area contributed by atoms with Gasteiger partial charge in [-0.1, -0.05) is 24.3 Å². The molecule has 0 bridgehead atoms. The molecule has 5 nitrogen and oxygen atoms in total. The molecule has 0 saturated carbocycles. The summed E-state index contributed by atoms with van der Waals surface area (Å²) in [4.78, 5) is 4.78. The highest BCUT2D eigenvalue weighted by Crippen LogP contribution is 2.37. The molecule has 1 heterocycles. The fourth-order valence-corrected chi connectivity index (χ4v) is 2.93. The first kappa shape index (κ1) is 16.3. The molecular weight excluding hydrogens is 304 g/mol. The first-order valence-corrected chi connectivity index (χ1v) is 7.97. The molecule has 0 saturated heterocycles. The molecule has 126 valence electrons. The van der Waals surface area contributed by atoms with Crippen molar-refractivity contribution in [2.24, 2.45) is 4.99 Å². The minimum absolute atomic E-state index is 0.0332. The van der Waals surface area contributed by atoms with Crippen LogP contribution in [0.2, 0.25) is 0 Å². The van der Waals surface area contributed by atoms with Gasteiger partial charge >= 0.3 is 0 Å². The number of nitrogens with one attached hydrogen (secondary N) is 1. The van der Waals surface area contributed by atoms with Gasteiger partial charge in [0.15, 0.2) is 0 Å². The number of methoxy groups -OCH3 is 2. The molecule has 24 heavy (non-hydrogen) atoms. The van der Waals surface area contributed by atoms with Gasteiger partial charge < -0.3 is 19.9 Å². The van der Waals surface area contributed by atoms with Crippen molar-refractivity contribution in [3.8, 4) is 11.5 Å². The number of ether oxygens (including phenoxy) is 2. The Bertz CT molecular complexity index is 696. The number of rotatable bonds is 6. The fraction of sp³-hybridized carbons (Fsp3) is 0.316. The van der Waals surface area contributed by atoms with E-state index in [0.717, 1.165) is 28.5 Å². The van der Waals surface area contributed by atoms with Crippen LogP contribution in [0, 0.1) is 0 Å². The van der Waals surface area contributed by atoms with Gasteiger partial charge in [0, 0.05) is 6.42 Å².